The Morgan fingerprint density at radius 1 is 0.971 bits per heavy atom. The van der Waals surface area contributed by atoms with Gasteiger partial charge in [0.15, 0.2) is 0 Å². The molecule has 7 heteroatoms. The summed E-state index contributed by atoms with van der Waals surface area (Å²) in [5, 5.41) is 3.17. The Labute approximate surface area is 204 Å². The standard InChI is InChI=1S/C27H37N3O3S/c1-21-10-11-26(17-22(21)2)34(32,33)30-15-12-25(13-16-30)27(31)28-18-24-9-6-14-29(20-24)19-23-7-4-3-5-8-23/h3-5,7-8,10-11,17,24-25H,6,9,12-16,18-20H2,1-2H3,(H,28,31)/t24-/m0/s1. The number of aryl methyl sites for hydroxylation is 2. The zero-order chi connectivity index (χ0) is 24.1. The van der Waals surface area contributed by atoms with Gasteiger partial charge in [-0.25, -0.2) is 8.42 Å². The minimum atomic E-state index is -3.52. The quantitative estimate of drug-likeness (QED) is 0.652. The van der Waals surface area contributed by atoms with Crippen molar-refractivity contribution < 1.29 is 13.2 Å². The summed E-state index contributed by atoms with van der Waals surface area (Å²) >= 11 is 0. The van der Waals surface area contributed by atoms with Crippen LogP contribution in [0.5, 0.6) is 0 Å². The van der Waals surface area contributed by atoms with Crippen LogP contribution in [-0.2, 0) is 21.4 Å². The second kappa shape index (κ2) is 11.0. The first kappa shape index (κ1) is 24.9. The van der Waals surface area contributed by atoms with E-state index < -0.39 is 10.0 Å². The van der Waals surface area contributed by atoms with Gasteiger partial charge in [-0.2, -0.15) is 4.31 Å². The maximum absolute atomic E-state index is 13.0. The smallest absolute Gasteiger partial charge is 0.243 e. The largest absolute Gasteiger partial charge is 0.356 e. The van der Waals surface area contributed by atoms with Crippen LogP contribution in [0.4, 0.5) is 0 Å². The summed E-state index contributed by atoms with van der Waals surface area (Å²) in [5.74, 6) is 0.422. The number of nitrogens with one attached hydrogen (secondary N) is 1. The van der Waals surface area contributed by atoms with Gasteiger partial charge in [0.1, 0.15) is 0 Å². The van der Waals surface area contributed by atoms with Crippen LogP contribution in [0.25, 0.3) is 0 Å². The molecule has 6 nitrogen and oxygen atoms in total. The lowest BCUT2D eigenvalue weighted by atomic mass is 9.95. The summed E-state index contributed by atoms with van der Waals surface area (Å²) in [6, 6.07) is 15.8. The minimum absolute atomic E-state index is 0.0726. The maximum atomic E-state index is 13.0. The number of carbonyl (C=O) groups excluding carboxylic acids is 1. The van der Waals surface area contributed by atoms with Crippen LogP contribution in [0.2, 0.25) is 0 Å². The van der Waals surface area contributed by atoms with Crippen molar-refractivity contribution in [3.8, 4) is 0 Å². The molecule has 0 bridgehead atoms. The van der Waals surface area contributed by atoms with Crippen molar-refractivity contribution in [2.45, 2.75) is 51.0 Å². The summed E-state index contributed by atoms with van der Waals surface area (Å²) in [5.41, 5.74) is 3.38. The number of nitrogens with zero attached hydrogens (tertiary/aromatic N) is 2. The van der Waals surface area contributed by atoms with E-state index in [4.69, 9.17) is 0 Å². The van der Waals surface area contributed by atoms with Crippen molar-refractivity contribution in [3.63, 3.8) is 0 Å². The SMILES string of the molecule is Cc1ccc(S(=O)(=O)N2CCC(C(=O)NC[C@@H]3CCCN(Cc4ccccc4)C3)CC2)cc1C. The van der Waals surface area contributed by atoms with Crippen molar-refractivity contribution in [1.82, 2.24) is 14.5 Å². The Bertz CT molecular complexity index is 1080. The molecule has 1 N–H and O–H groups in total. The Morgan fingerprint density at radius 2 is 1.71 bits per heavy atom. The molecular formula is C27H37N3O3S. The van der Waals surface area contributed by atoms with E-state index in [1.165, 1.54) is 9.87 Å². The third-order valence-corrected chi connectivity index (χ3v) is 9.25. The first-order valence-corrected chi connectivity index (χ1v) is 13.9. The second-order valence-electron chi connectivity index (χ2n) is 9.90. The molecule has 2 heterocycles. The van der Waals surface area contributed by atoms with Gasteiger partial charge in [0.2, 0.25) is 15.9 Å². The Balaban J connectivity index is 1.24. The van der Waals surface area contributed by atoms with E-state index in [0.717, 1.165) is 43.6 Å². The summed E-state index contributed by atoms with van der Waals surface area (Å²) in [7, 11) is -3.52. The molecule has 34 heavy (non-hydrogen) atoms. The highest BCUT2D eigenvalue weighted by molar-refractivity contribution is 7.89. The lowest BCUT2D eigenvalue weighted by Gasteiger charge is -2.34. The summed E-state index contributed by atoms with van der Waals surface area (Å²) in [6.07, 6.45) is 3.43. The average Bonchev–Trinajstić information content (AvgIpc) is 2.85. The molecule has 2 aliphatic heterocycles. The van der Waals surface area contributed by atoms with E-state index in [9.17, 15) is 13.2 Å². The van der Waals surface area contributed by atoms with Crippen molar-refractivity contribution in [2.75, 3.05) is 32.7 Å². The summed E-state index contributed by atoms with van der Waals surface area (Å²) in [4.78, 5) is 15.7. The van der Waals surface area contributed by atoms with Crippen LogP contribution in [0.3, 0.4) is 0 Å². The molecule has 2 fully saturated rings. The first-order chi connectivity index (χ1) is 16.3. The number of hydrogen-bond donors (Lipinski definition) is 1. The molecule has 0 saturated carbocycles. The number of likely N-dealkylation sites (tertiary alicyclic amines) is 1. The highest BCUT2D eigenvalue weighted by Crippen LogP contribution is 2.25. The van der Waals surface area contributed by atoms with Crippen LogP contribution in [0.15, 0.2) is 53.4 Å². The fourth-order valence-electron chi connectivity index (χ4n) is 5.07. The summed E-state index contributed by atoms with van der Waals surface area (Å²) < 4.78 is 27.6. The second-order valence-corrected chi connectivity index (χ2v) is 11.8. The predicted octanol–water partition coefficient (Wildman–Crippen LogP) is 3.73. The number of sulfonamides is 1. The van der Waals surface area contributed by atoms with E-state index in [-0.39, 0.29) is 11.8 Å². The molecule has 0 aliphatic carbocycles. The minimum Gasteiger partial charge on any atom is -0.356 e. The fourth-order valence-corrected chi connectivity index (χ4v) is 6.63. The van der Waals surface area contributed by atoms with E-state index in [1.807, 2.05) is 26.0 Å². The molecule has 0 aromatic heterocycles. The lowest BCUT2D eigenvalue weighted by molar-refractivity contribution is -0.126. The van der Waals surface area contributed by atoms with Gasteiger partial charge < -0.3 is 5.32 Å². The molecule has 0 radical (unpaired) electrons. The average molecular weight is 484 g/mol. The number of amides is 1. The molecule has 1 atom stereocenters. The van der Waals surface area contributed by atoms with Crippen LogP contribution in [-0.4, -0.2) is 56.3 Å². The van der Waals surface area contributed by atoms with Gasteiger partial charge in [0.25, 0.3) is 0 Å². The topological polar surface area (TPSA) is 69.7 Å². The van der Waals surface area contributed by atoms with Crippen molar-refractivity contribution >= 4 is 15.9 Å². The van der Waals surface area contributed by atoms with Gasteiger partial charge >= 0.3 is 0 Å². The van der Waals surface area contributed by atoms with Gasteiger partial charge in [-0.1, -0.05) is 36.4 Å². The third-order valence-electron chi connectivity index (χ3n) is 7.36. The molecule has 1 amide bonds. The monoisotopic (exact) mass is 483 g/mol. The Kier molecular flexibility index (Phi) is 8.06. The van der Waals surface area contributed by atoms with Gasteiger partial charge in [0, 0.05) is 38.6 Å². The van der Waals surface area contributed by atoms with Gasteiger partial charge in [-0.15, -0.1) is 0 Å². The van der Waals surface area contributed by atoms with E-state index in [1.54, 1.807) is 12.1 Å². The van der Waals surface area contributed by atoms with Crippen molar-refractivity contribution in [3.05, 3.63) is 65.2 Å². The molecule has 0 spiro atoms. The molecule has 4 rings (SSSR count). The van der Waals surface area contributed by atoms with Crippen molar-refractivity contribution in [2.24, 2.45) is 11.8 Å². The van der Waals surface area contributed by atoms with Crippen molar-refractivity contribution in [1.29, 1.82) is 0 Å². The third kappa shape index (κ3) is 6.06. The fraction of sp³-hybridized carbons (Fsp3) is 0.519. The molecule has 0 unspecified atom stereocenters. The summed E-state index contributed by atoms with van der Waals surface area (Å²) in [6.45, 7) is 8.45. The van der Waals surface area contributed by atoms with Gasteiger partial charge in [-0.3, -0.25) is 9.69 Å². The molecule has 2 saturated heterocycles. The number of piperidine rings is 2. The van der Waals surface area contributed by atoms with Crippen LogP contribution >= 0.6 is 0 Å². The maximum Gasteiger partial charge on any atom is 0.243 e. The molecular weight excluding hydrogens is 446 g/mol. The predicted molar refractivity (Wildman–Crippen MR) is 135 cm³/mol. The van der Waals surface area contributed by atoms with Gasteiger partial charge in [0.05, 0.1) is 4.90 Å². The molecule has 2 aliphatic rings. The van der Waals surface area contributed by atoms with E-state index in [0.29, 0.717) is 43.3 Å². The zero-order valence-electron chi connectivity index (χ0n) is 20.4. The van der Waals surface area contributed by atoms with E-state index in [2.05, 4.69) is 34.5 Å². The normalized spacial score (nSPS) is 20.8. The highest BCUT2D eigenvalue weighted by Gasteiger charge is 2.32. The number of hydrogen-bond acceptors (Lipinski definition) is 4. The number of rotatable bonds is 7. The number of benzene rings is 2. The highest BCUT2D eigenvalue weighted by atomic mass is 32.2. The lowest BCUT2D eigenvalue weighted by Crippen LogP contribution is -2.45. The van der Waals surface area contributed by atoms with E-state index >= 15 is 0 Å². The van der Waals surface area contributed by atoms with Crippen LogP contribution in [0.1, 0.15) is 42.4 Å². The zero-order valence-corrected chi connectivity index (χ0v) is 21.2. The molecule has 184 valence electrons. The van der Waals surface area contributed by atoms with Crippen LogP contribution in [0, 0.1) is 25.7 Å². The Morgan fingerprint density at radius 3 is 2.41 bits per heavy atom. The Hall–Kier alpha value is -2.22. The number of carbonyl (C=O) groups is 1. The first-order valence-electron chi connectivity index (χ1n) is 12.4. The molecule has 2 aromatic carbocycles. The van der Waals surface area contributed by atoms with Crippen LogP contribution < -0.4 is 5.32 Å². The van der Waals surface area contributed by atoms with Gasteiger partial charge in [-0.05, 0) is 80.8 Å². The molecule has 2 aromatic rings.